The number of carbonyl (C=O) groups is 1. The van der Waals surface area contributed by atoms with Crippen LogP contribution < -0.4 is 10.6 Å². The fourth-order valence-corrected chi connectivity index (χ4v) is 1.90. The Labute approximate surface area is 111 Å². The molecule has 1 amide bonds. The Balaban J connectivity index is 2.22. The van der Waals surface area contributed by atoms with Crippen LogP contribution in [-0.4, -0.2) is 24.4 Å². The summed E-state index contributed by atoms with van der Waals surface area (Å²) in [7, 11) is 1.59. The van der Waals surface area contributed by atoms with Gasteiger partial charge >= 0.3 is 5.69 Å². The maximum Gasteiger partial charge on any atom is 0.305 e. The summed E-state index contributed by atoms with van der Waals surface area (Å²) >= 11 is 0. The summed E-state index contributed by atoms with van der Waals surface area (Å²) in [5, 5.41) is 16.6. The fraction of sp³-hybridized carbons (Fsp3) is 0.462. The molecule has 0 atom stereocenters. The van der Waals surface area contributed by atoms with E-state index in [-0.39, 0.29) is 16.7 Å². The molecule has 0 heterocycles. The van der Waals surface area contributed by atoms with Gasteiger partial charge in [-0.1, -0.05) is 13.0 Å². The van der Waals surface area contributed by atoms with Crippen molar-refractivity contribution in [1.82, 2.24) is 5.32 Å². The summed E-state index contributed by atoms with van der Waals surface area (Å²) in [4.78, 5) is 22.6. The molecule has 6 heteroatoms. The second-order valence-electron chi connectivity index (χ2n) is 5.20. The van der Waals surface area contributed by atoms with Crippen LogP contribution in [0, 0.1) is 15.5 Å². The molecule has 0 bridgehead atoms. The van der Waals surface area contributed by atoms with Crippen molar-refractivity contribution in [2.45, 2.75) is 19.8 Å². The lowest BCUT2D eigenvalue weighted by molar-refractivity contribution is -0.384. The lowest BCUT2D eigenvalue weighted by atomic mass is 10.1. The highest BCUT2D eigenvalue weighted by molar-refractivity contribution is 6.00. The van der Waals surface area contributed by atoms with E-state index in [1.807, 2.05) is 0 Å². The van der Waals surface area contributed by atoms with Gasteiger partial charge < -0.3 is 10.6 Å². The molecular formula is C13H17N3O3. The van der Waals surface area contributed by atoms with E-state index in [9.17, 15) is 14.9 Å². The van der Waals surface area contributed by atoms with Gasteiger partial charge in [0, 0.05) is 13.6 Å². The number of para-hydroxylation sites is 1. The van der Waals surface area contributed by atoms with E-state index in [4.69, 9.17) is 0 Å². The van der Waals surface area contributed by atoms with Gasteiger partial charge in [-0.15, -0.1) is 0 Å². The molecule has 102 valence electrons. The SMILES string of the molecule is CNc1cccc(C(=O)NCC2(C)CC2)c1[N+](=O)[O-]. The molecule has 1 aliphatic rings. The second kappa shape index (κ2) is 4.87. The number of nitro groups is 1. The van der Waals surface area contributed by atoms with Gasteiger partial charge in [0.05, 0.1) is 4.92 Å². The Hall–Kier alpha value is -2.11. The molecule has 0 unspecified atom stereocenters. The molecule has 1 aliphatic carbocycles. The number of hydrogen-bond acceptors (Lipinski definition) is 4. The number of nitrogens with zero attached hydrogens (tertiary/aromatic N) is 1. The minimum Gasteiger partial charge on any atom is -0.383 e. The maximum absolute atomic E-state index is 12.1. The Kier molecular flexibility index (Phi) is 3.42. The molecule has 2 rings (SSSR count). The van der Waals surface area contributed by atoms with Gasteiger partial charge in [-0.05, 0) is 30.4 Å². The van der Waals surface area contributed by atoms with Crippen molar-refractivity contribution >= 4 is 17.3 Å². The summed E-state index contributed by atoms with van der Waals surface area (Å²) in [6.45, 7) is 2.65. The van der Waals surface area contributed by atoms with Crippen molar-refractivity contribution in [2.75, 3.05) is 18.9 Å². The zero-order chi connectivity index (χ0) is 14.0. The van der Waals surface area contributed by atoms with E-state index >= 15 is 0 Å². The van der Waals surface area contributed by atoms with Gasteiger partial charge in [-0.25, -0.2) is 0 Å². The van der Waals surface area contributed by atoms with Crippen molar-refractivity contribution in [3.05, 3.63) is 33.9 Å². The van der Waals surface area contributed by atoms with Crippen molar-refractivity contribution < 1.29 is 9.72 Å². The topological polar surface area (TPSA) is 84.3 Å². The van der Waals surface area contributed by atoms with Gasteiger partial charge in [-0.3, -0.25) is 14.9 Å². The largest absolute Gasteiger partial charge is 0.383 e. The van der Waals surface area contributed by atoms with Crippen LogP contribution >= 0.6 is 0 Å². The number of hydrogen-bond donors (Lipinski definition) is 2. The van der Waals surface area contributed by atoms with Gasteiger partial charge in [0.25, 0.3) is 5.91 Å². The zero-order valence-electron chi connectivity index (χ0n) is 11.0. The molecular weight excluding hydrogens is 246 g/mol. The maximum atomic E-state index is 12.1. The van der Waals surface area contributed by atoms with E-state index in [0.717, 1.165) is 12.8 Å². The average Bonchev–Trinajstić information content (AvgIpc) is 3.13. The molecule has 0 aromatic heterocycles. The molecule has 1 aromatic rings. The standard InChI is InChI=1S/C13H17N3O3/c1-13(6-7-13)8-15-12(17)9-4-3-5-10(14-2)11(9)16(18)19/h3-5,14H,6-8H2,1-2H3,(H,15,17). The first-order valence-corrected chi connectivity index (χ1v) is 6.20. The van der Waals surface area contributed by atoms with E-state index in [1.165, 1.54) is 6.07 Å². The smallest absolute Gasteiger partial charge is 0.305 e. The van der Waals surface area contributed by atoms with Crippen LogP contribution in [-0.2, 0) is 0 Å². The summed E-state index contributed by atoms with van der Waals surface area (Å²) in [6, 6.07) is 4.69. The third-order valence-corrected chi connectivity index (χ3v) is 3.51. The first kappa shape index (κ1) is 13.3. The van der Waals surface area contributed by atoms with E-state index in [0.29, 0.717) is 12.2 Å². The Morgan fingerprint density at radius 2 is 2.16 bits per heavy atom. The lowest BCUT2D eigenvalue weighted by Crippen LogP contribution is -2.29. The fourth-order valence-electron chi connectivity index (χ4n) is 1.90. The zero-order valence-corrected chi connectivity index (χ0v) is 11.0. The molecule has 1 saturated carbocycles. The van der Waals surface area contributed by atoms with Crippen LogP contribution in [0.15, 0.2) is 18.2 Å². The molecule has 2 N–H and O–H groups in total. The Morgan fingerprint density at radius 1 is 1.47 bits per heavy atom. The average molecular weight is 263 g/mol. The highest BCUT2D eigenvalue weighted by Crippen LogP contribution is 2.44. The molecule has 0 spiro atoms. The summed E-state index contributed by atoms with van der Waals surface area (Å²) < 4.78 is 0. The molecule has 19 heavy (non-hydrogen) atoms. The number of amides is 1. The van der Waals surface area contributed by atoms with Crippen LogP contribution in [0.3, 0.4) is 0 Å². The van der Waals surface area contributed by atoms with Crippen molar-refractivity contribution in [3.63, 3.8) is 0 Å². The first-order valence-electron chi connectivity index (χ1n) is 6.20. The lowest BCUT2D eigenvalue weighted by Gasteiger charge is -2.11. The summed E-state index contributed by atoms with van der Waals surface area (Å²) in [6.07, 6.45) is 2.18. The van der Waals surface area contributed by atoms with Gasteiger partial charge in [0.2, 0.25) is 0 Å². The quantitative estimate of drug-likeness (QED) is 0.629. The number of nitrogens with one attached hydrogen (secondary N) is 2. The van der Waals surface area contributed by atoms with Crippen LogP contribution in [0.5, 0.6) is 0 Å². The first-order chi connectivity index (χ1) is 8.97. The van der Waals surface area contributed by atoms with Crippen molar-refractivity contribution in [1.29, 1.82) is 0 Å². The predicted octanol–water partition coefficient (Wildman–Crippen LogP) is 2.17. The number of carbonyl (C=O) groups excluding carboxylic acids is 1. The van der Waals surface area contributed by atoms with Crippen LogP contribution in [0.2, 0.25) is 0 Å². The van der Waals surface area contributed by atoms with Gasteiger partial charge in [-0.2, -0.15) is 0 Å². The summed E-state index contributed by atoms with van der Waals surface area (Å²) in [5.41, 5.74) is 0.435. The molecule has 0 aliphatic heterocycles. The Bertz CT molecular complexity index is 524. The number of benzene rings is 1. The molecule has 0 radical (unpaired) electrons. The van der Waals surface area contributed by atoms with Crippen molar-refractivity contribution in [2.24, 2.45) is 5.41 Å². The van der Waals surface area contributed by atoms with E-state index < -0.39 is 10.8 Å². The summed E-state index contributed by atoms with van der Waals surface area (Å²) in [5.74, 6) is -0.392. The van der Waals surface area contributed by atoms with E-state index in [2.05, 4.69) is 17.6 Å². The molecule has 1 fully saturated rings. The Morgan fingerprint density at radius 3 is 2.68 bits per heavy atom. The molecule has 1 aromatic carbocycles. The highest BCUT2D eigenvalue weighted by atomic mass is 16.6. The van der Waals surface area contributed by atoms with Gasteiger partial charge in [0.15, 0.2) is 0 Å². The molecule has 0 saturated heterocycles. The third kappa shape index (κ3) is 2.83. The minimum atomic E-state index is -0.528. The van der Waals surface area contributed by atoms with E-state index in [1.54, 1.807) is 19.2 Å². The van der Waals surface area contributed by atoms with Crippen molar-refractivity contribution in [3.8, 4) is 0 Å². The van der Waals surface area contributed by atoms with Gasteiger partial charge in [0.1, 0.15) is 11.3 Å². The third-order valence-electron chi connectivity index (χ3n) is 3.51. The highest BCUT2D eigenvalue weighted by Gasteiger charge is 2.37. The van der Waals surface area contributed by atoms with Crippen LogP contribution in [0.25, 0.3) is 0 Å². The van der Waals surface area contributed by atoms with Crippen LogP contribution in [0.1, 0.15) is 30.1 Å². The number of nitro benzene ring substituents is 1. The number of rotatable bonds is 5. The van der Waals surface area contributed by atoms with Crippen LogP contribution in [0.4, 0.5) is 11.4 Å². The predicted molar refractivity (Wildman–Crippen MR) is 72.3 cm³/mol. The minimum absolute atomic E-state index is 0.0982. The number of anilines is 1. The molecule has 6 nitrogen and oxygen atoms in total. The monoisotopic (exact) mass is 263 g/mol. The normalized spacial score (nSPS) is 15.7. The second-order valence-corrected chi connectivity index (χ2v) is 5.20.